The monoisotopic (exact) mass is 376 g/mol. The van der Waals surface area contributed by atoms with Crippen molar-refractivity contribution in [3.63, 3.8) is 0 Å². The number of pyridine rings is 1. The number of hydrogen-bond donors (Lipinski definition) is 2. The summed E-state index contributed by atoms with van der Waals surface area (Å²) >= 11 is 0. The number of benzene rings is 1. The van der Waals surface area contributed by atoms with Crippen molar-refractivity contribution in [1.29, 1.82) is 0 Å². The third-order valence-corrected chi connectivity index (χ3v) is 3.74. The molecule has 0 aliphatic carbocycles. The highest BCUT2D eigenvalue weighted by molar-refractivity contribution is 5.96. The summed E-state index contributed by atoms with van der Waals surface area (Å²) < 4.78 is 39.4. The SMILES string of the molecule is O=C(CNC(=O)c1ccccc1)NCc1cn2cc(C(F)(F)F)ccc2n1. The first-order chi connectivity index (χ1) is 12.8. The minimum absolute atomic E-state index is 0.0308. The second kappa shape index (κ2) is 7.48. The number of hydrogen-bond acceptors (Lipinski definition) is 3. The topological polar surface area (TPSA) is 75.5 Å². The molecule has 2 aromatic heterocycles. The lowest BCUT2D eigenvalue weighted by Crippen LogP contribution is -2.36. The van der Waals surface area contributed by atoms with E-state index in [4.69, 9.17) is 0 Å². The molecule has 140 valence electrons. The van der Waals surface area contributed by atoms with Crippen LogP contribution in [0.25, 0.3) is 5.65 Å². The summed E-state index contributed by atoms with van der Waals surface area (Å²) in [5, 5.41) is 5.04. The van der Waals surface area contributed by atoms with Crippen LogP contribution in [0.4, 0.5) is 13.2 Å². The molecule has 2 heterocycles. The fourth-order valence-electron chi connectivity index (χ4n) is 2.40. The zero-order chi connectivity index (χ0) is 19.4. The van der Waals surface area contributed by atoms with Gasteiger partial charge in [0.25, 0.3) is 5.91 Å². The first kappa shape index (κ1) is 18.4. The van der Waals surface area contributed by atoms with E-state index in [0.29, 0.717) is 16.9 Å². The highest BCUT2D eigenvalue weighted by Crippen LogP contribution is 2.29. The molecule has 27 heavy (non-hydrogen) atoms. The average molecular weight is 376 g/mol. The molecule has 0 saturated carbocycles. The molecule has 3 rings (SSSR count). The Morgan fingerprint density at radius 1 is 1.00 bits per heavy atom. The van der Waals surface area contributed by atoms with Crippen LogP contribution < -0.4 is 10.6 Å². The fourth-order valence-corrected chi connectivity index (χ4v) is 2.40. The van der Waals surface area contributed by atoms with Gasteiger partial charge >= 0.3 is 6.18 Å². The van der Waals surface area contributed by atoms with Gasteiger partial charge < -0.3 is 15.0 Å². The van der Waals surface area contributed by atoms with Crippen LogP contribution in [0.2, 0.25) is 0 Å². The molecular formula is C18H15F3N4O2. The standard InChI is InChI=1S/C18H15F3N4O2/c19-18(20,21)13-6-7-15-24-14(11-25(15)10-13)8-22-16(26)9-23-17(27)12-4-2-1-3-5-12/h1-7,10-11H,8-9H2,(H,22,26)(H,23,27). The predicted molar refractivity (Wildman–Crippen MR) is 90.8 cm³/mol. The van der Waals surface area contributed by atoms with E-state index >= 15 is 0 Å². The number of nitrogens with zero attached hydrogens (tertiary/aromatic N) is 2. The minimum atomic E-state index is -4.44. The first-order valence-electron chi connectivity index (χ1n) is 7.98. The van der Waals surface area contributed by atoms with Gasteiger partial charge in [-0.05, 0) is 24.3 Å². The molecule has 0 aliphatic rings. The van der Waals surface area contributed by atoms with Crippen molar-refractivity contribution in [3.8, 4) is 0 Å². The normalized spacial score (nSPS) is 11.4. The molecule has 0 radical (unpaired) electrons. The maximum Gasteiger partial charge on any atom is 0.417 e. The molecule has 0 fully saturated rings. The number of amides is 2. The molecule has 3 aromatic rings. The van der Waals surface area contributed by atoms with Crippen molar-refractivity contribution in [2.45, 2.75) is 12.7 Å². The molecule has 0 saturated heterocycles. The zero-order valence-electron chi connectivity index (χ0n) is 14.0. The van der Waals surface area contributed by atoms with Gasteiger partial charge in [-0.1, -0.05) is 18.2 Å². The number of nitrogens with one attached hydrogen (secondary N) is 2. The molecule has 1 aromatic carbocycles. The summed E-state index contributed by atoms with van der Waals surface area (Å²) in [7, 11) is 0. The van der Waals surface area contributed by atoms with E-state index in [9.17, 15) is 22.8 Å². The van der Waals surface area contributed by atoms with Crippen LogP contribution in [0.5, 0.6) is 0 Å². The van der Waals surface area contributed by atoms with E-state index in [-0.39, 0.29) is 19.0 Å². The lowest BCUT2D eigenvalue weighted by atomic mass is 10.2. The number of aromatic nitrogens is 2. The Bertz CT molecular complexity index is 968. The largest absolute Gasteiger partial charge is 0.417 e. The summed E-state index contributed by atoms with van der Waals surface area (Å²) in [6.07, 6.45) is -2.09. The molecule has 2 amide bonds. The van der Waals surface area contributed by atoms with Crippen LogP contribution in [-0.4, -0.2) is 27.7 Å². The van der Waals surface area contributed by atoms with Crippen molar-refractivity contribution >= 4 is 17.5 Å². The molecule has 2 N–H and O–H groups in total. The summed E-state index contributed by atoms with van der Waals surface area (Å²) in [5.41, 5.74) is 0.388. The van der Waals surface area contributed by atoms with Crippen LogP contribution >= 0.6 is 0 Å². The quantitative estimate of drug-likeness (QED) is 0.718. The van der Waals surface area contributed by atoms with Gasteiger partial charge in [-0.25, -0.2) is 4.98 Å². The molecule has 0 atom stereocenters. The second-order valence-corrected chi connectivity index (χ2v) is 5.74. The molecule has 9 heteroatoms. The lowest BCUT2D eigenvalue weighted by molar-refractivity contribution is -0.137. The lowest BCUT2D eigenvalue weighted by Gasteiger charge is -2.06. The third kappa shape index (κ3) is 4.63. The highest BCUT2D eigenvalue weighted by Gasteiger charge is 2.30. The smallest absolute Gasteiger partial charge is 0.349 e. The fraction of sp³-hybridized carbons (Fsp3) is 0.167. The number of alkyl halides is 3. The Morgan fingerprint density at radius 3 is 2.44 bits per heavy atom. The number of carbonyl (C=O) groups excluding carboxylic acids is 2. The van der Waals surface area contributed by atoms with E-state index < -0.39 is 17.6 Å². The Labute approximate surface area is 152 Å². The van der Waals surface area contributed by atoms with E-state index in [1.54, 1.807) is 30.3 Å². The van der Waals surface area contributed by atoms with Gasteiger partial charge in [-0.2, -0.15) is 13.2 Å². The summed E-state index contributed by atoms with van der Waals surface area (Å²) in [6.45, 7) is -0.192. The number of imidazole rings is 1. The molecule has 0 bridgehead atoms. The van der Waals surface area contributed by atoms with Gasteiger partial charge in [0.15, 0.2) is 0 Å². The Hall–Kier alpha value is -3.36. The molecule has 6 nitrogen and oxygen atoms in total. The summed E-state index contributed by atoms with van der Waals surface area (Å²) in [6, 6.07) is 10.7. The Balaban J connectivity index is 1.55. The Morgan fingerprint density at radius 2 is 1.74 bits per heavy atom. The predicted octanol–water partition coefficient (Wildman–Crippen LogP) is 2.40. The van der Waals surface area contributed by atoms with Gasteiger partial charge in [-0.3, -0.25) is 9.59 Å². The zero-order valence-corrected chi connectivity index (χ0v) is 14.0. The summed E-state index contributed by atoms with van der Waals surface area (Å²) in [5.74, 6) is -0.814. The summed E-state index contributed by atoms with van der Waals surface area (Å²) in [4.78, 5) is 27.8. The van der Waals surface area contributed by atoms with Crippen molar-refractivity contribution < 1.29 is 22.8 Å². The molecule has 0 aliphatic heterocycles. The van der Waals surface area contributed by atoms with E-state index in [0.717, 1.165) is 12.3 Å². The molecular weight excluding hydrogens is 361 g/mol. The van der Waals surface area contributed by atoms with Crippen LogP contribution in [0.1, 0.15) is 21.6 Å². The van der Waals surface area contributed by atoms with Crippen LogP contribution in [0.3, 0.4) is 0 Å². The Kier molecular flexibility index (Phi) is 5.11. The minimum Gasteiger partial charge on any atom is -0.349 e. The first-order valence-corrected chi connectivity index (χ1v) is 7.98. The maximum absolute atomic E-state index is 12.7. The van der Waals surface area contributed by atoms with E-state index in [1.165, 1.54) is 16.7 Å². The van der Waals surface area contributed by atoms with Crippen LogP contribution in [0.15, 0.2) is 54.9 Å². The number of fused-ring (bicyclic) bond motifs is 1. The maximum atomic E-state index is 12.7. The van der Waals surface area contributed by atoms with Crippen LogP contribution in [-0.2, 0) is 17.5 Å². The van der Waals surface area contributed by atoms with Gasteiger partial charge in [0.2, 0.25) is 5.91 Å². The van der Waals surface area contributed by atoms with Crippen molar-refractivity contribution in [2.75, 3.05) is 6.54 Å². The van der Waals surface area contributed by atoms with Gasteiger partial charge in [-0.15, -0.1) is 0 Å². The number of halogens is 3. The van der Waals surface area contributed by atoms with Crippen molar-refractivity contribution in [1.82, 2.24) is 20.0 Å². The van der Waals surface area contributed by atoms with Crippen molar-refractivity contribution in [3.05, 3.63) is 71.7 Å². The number of rotatable bonds is 5. The third-order valence-electron chi connectivity index (χ3n) is 3.74. The van der Waals surface area contributed by atoms with Crippen molar-refractivity contribution in [2.24, 2.45) is 0 Å². The molecule has 0 unspecified atom stereocenters. The average Bonchev–Trinajstić information content (AvgIpc) is 3.06. The second-order valence-electron chi connectivity index (χ2n) is 5.74. The highest BCUT2D eigenvalue weighted by atomic mass is 19.4. The number of carbonyl (C=O) groups is 2. The van der Waals surface area contributed by atoms with Gasteiger partial charge in [0.1, 0.15) is 5.65 Å². The van der Waals surface area contributed by atoms with E-state index in [2.05, 4.69) is 15.6 Å². The van der Waals surface area contributed by atoms with Gasteiger partial charge in [0.05, 0.1) is 24.3 Å². The van der Waals surface area contributed by atoms with E-state index in [1.807, 2.05) is 0 Å². The molecule has 0 spiro atoms. The van der Waals surface area contributed by atoms with Crippen LogP contribution in [0, 0.1) is 0 Å². The van der Waals surface area contributed by atoms with Gasteiger partial charge in [0, 0.05) is 18.0 Å².